The van der Waals surface area contributed by atoms with Crippen LogP contribution in [0.4, 0.5) is 0 Å². The van der Waals surface area contributed by atoms with E-state index in [-0.39, 0.29) is 13.0 Å². The minimum atomic E-state index is -1.07. The number of carboxylic acid groups (broad SMARTS) is 1. The van der Waals surface area contributed by atoms with Gasteiger partial charge in [-0.25, -0.2) is 9.78 Å². The van der Waals surface area contributed by atoms with Crippen molar-refractivity contribution in [3.63, 3.8) is 0 Å². The maximum atomic E-state index is 11.8. The number of hydrogen-bond acceptors (Lipinski definition) is 5. The van der Waals surface area contributed by atoms with E-state index in [1.165, 1.54) is 18.4 Å². The van der Waals surface area contributed by atoms with Crippen LogP contribution < -0.4 is 5.32 Å². The quantitative estimate of drug-likeness (QED) is 0.783. The summed E-state index contributed by atoms with van der Waals surface area (Å²) in [6, 6.07) is -0.941. The van der Waals surface area contributed by atoms with Crippen molar-refractivity contribution in [2.75, 3.05) is 13.7 Å². The van der Waals surface area contributed by atoms with Crippen LogP contribution in [0.25, 0.3) is 0 Å². The molecule has 6 nitrogen and oxygen atoms in total. The molecule has 1 unspecified atom stereocenters. The first-order valence-corrected chi connectivity index (χ1v) is 5.87. The Hall–Kier alpha value is -1.47. The van der Waals surface area contributed by atoms with Gasteiger partial charge in [0.05, 0.1) is 11.2 Å². The van der Waals surface area contributed by atoms with Crippen molar-refractivity contribution in [2.24, 2.45) is 0 Å². The molecule has 1 aromatic rings. The van der Waals surface area contributed by atoms with Gasteiger partial charge in [0.2, 0.25) is 0 Å². The van der Waals surface area contributed by atoms with Gasteiger partial charge in [-0.05, 0) is 6.92 Å². The number of carboxylic acids is 1. The SMILES string of the molecule is COCCC(NC(=O)c1scnc1C)C(=O)O. The molecule has 0 aliphatic rings. The van der Waals surface area contributed by atoms with Gasteiger partial charge in [0.1, 0.15) is 10.9 Å². The third-order valence-electron chi connectivity index (χ3n) is 2.17. The fourth-order valence-corrected chi connectivity index (χ4v) is 1.94. The summed E-state index contributed by atoms with van der Waals surface area (Å²) in [5.41, 5.74) is 2.15. The molecule has 0 saturated heterocycles. The Bertz CT molecular complexity index is 405. The lowest BCUT2D eigenvalue weighted by Gasteiger charge is -2.13. The number of thiazole rings is 1. The van der Waals surface area contributed by atoms with E-state index in [4.69, 9.17) is 9.84 Å². The highest BCUT2D eigenvalue weighted by Crippen LogP contribution is 2.12. The molecule has 1 amide bonds. The predicted octanol–water partition coefficient (Wildman–Crippen LogP) is 0.671. The lowest BCUT2D eigenvalue weighted by molar-refractivity contribution is -0.139. The first-order chi connectivity index (χ1) is 8.06. The van der Waals surface area contributed by atoms with Gasteiger partial charge in [-0.15, -0.1) is 11.3 Å². The van der Waals surface area contributed by atoms with Gasteiger partial charge in [-0.1, -0.05) is 0 Å². The van der Waals surface area contributed by atoms with Crippen LogP contribution in [0, 0.1) is 6.92 Å². The van der Waals surface area contributed by atoms with Crippen LogP contribution in [0.5, 0.6) is 0 Å². The van der Waals surface area contributed by atoms with E-state index in [2.05, 4.69) is 10.3 Å². The molecule has 0 fully saturated rings. The second kappa shape index (κ2) is 6.31. The molecule has 17 heavy (non-hydrogen) atoms. The molecule has 0 bridgehead atoms. The highest BCUT2D eigenvalue weighted by atomic mass is 32.1. The molecule has 7 heteroatoms. The Morgan fingerprint density at radius 2 is 2.35 bits per heavy atom. The van der Waals surface area contributed by atoms with Crippen molar-refractivity contribution < 1.29 is 19.4 Å². The van der Waals surface area contributed by atoms with Gasteiger partial charge in [0.15, 0.2) is 0 Å². The van der Waals surface area contributed by atoms with Gasteiger partial charge < -0.3 is 15.2 Å². The molecule has 1 aromatic heterocycles. The molecule has 0 saturated carbocycles. The molecule has 0 spiro atoms. The van der Waals surface area contributed by atoms with Gasteiger partial charge in [0, 0.05) is 20.1 Å². The summed E-state index contributed by atoms with van der Waals surface area (Å²) in [6.45, 7) is 1.98. The molecule has 0 radical (unpaired) electrons. The Balaban J connectivity index is 2.64. The second-order valence-corrected chi connectivity index (χ2v) is 4.27. The maximum absolute atomic E-state index is 11.8. The van der Waals surface area contributed by atoms with E-state index in [0.717, 1.165) is 0 Å². The molecule has 1 atom stereocenters. The molecule has 0 aliphatic heterocycles. The van der Waals surface area contributed by atoms with Crippen LogP contribution in [0.2, 0.25) is 0 Å². The highest BCUT2D eigenvalue weighted by Gasteiger charge is 2.22. The summed E-state index contributed by atoms with van der Waals surface area (Å²) in [5.74, 6) is -1.48. The predicted molar refractivity (Wildman–Crippen MR) is 62.2 cm³/mol. The normalized spacial score (nSPS) is 12.1. The number of nitrogens with one attached hydrogen (secondary N) is 1. The maximum Gasteiger partial charge on any atom is 0.326 e. The summed E-state index contributed by atoms with van der Waals surface area (Å²) in [6.07, 6.45) is 0.232. The molecular formula is C10H14N2O4S. The van der Waals surface area contributed by atoms with Gasteiger partial charge in [0.25, 0.3) is 5.91 Å². The third-order valence-corrected chi connectivity index (χ3v) is 3.09. The molecule has 94 valence electrons. The zero-order valence-electron chi connectivity index (χ0n) is 9.60. The minimum absolute atomic E-state index is 0.232. The minimum Gasteiger partial charge on any atom is -0.480 e. The molecule has 0 aliphatic carbocycles. The summed E-state index contributed by atoms with van der Waals surface area (Å²) in [4.78, 5) is 27.0. The number of aryl methyl sites for hydroxylation is 1. The van der Waals surface area contributed by atoms with Crippen LogP contribution >= 0.6 is 11.3 Å². The number of carbonyl (C=O) groups is 2. The van der Waals surface area contributed by atoms with Gasteiger partial charge in [-0.3, -0.25) is 4.79 Å². The molecule has 1 heterocycles. The lowest BCUT2D eigenvalue weighted by atomic mass is 10.2. The fourth-order valence-electron chi connectivity index (χ4n) is 1.24. The van der Waals surface area contributed by atoms with Crippen molar-refractivity contribution in [1.82, 2.24) is 10.3 Å². The average Bonchev–Trinajstić information content (AvgIpc) is 2.70. The number of nitrogens with zero attached hydrogens (tertiary/aromatic N) is 1. The van der Waals surface area contributed by atoms with E-state index in [1.54, 1.807) is 12.4 Å². The Morgan fingerprint density at radius 1 is 1.65 bits per heavy atom. The summed E-state index contributed by atoms with van der Waals surface area (Å²) >= 11 is 1.19. The van der Waals surface area contributed by atoms with E-state index in [9.17, 15) is 9.59 Å². The molecular weight excluding hydrogens is 244 g/mol. The summed E-state index contributed by atoms with van der Waals surface area (Å²) in [5, 5.41) is 11.4. The molecule has 2 N–H and O–H groups in total. The van der Waals surface area contributed by atoms with Crippen molar-refractivity contribution in [1.29, 1.82) is 0 Å². The van der Waals surface area contributed by atoms with E-state index >= 15 is 0 Å². The Kier molecular flexibility index (Phi) is 5.05. The third kappa shape index (κ3) is 3.79. The average molecular weight is 258 g/mol. The number of methoxy groups -OCH3 is 1. The van der Waals surface area contributed by atoms with Gasteiger partial charge in [-0.2, -0.15) is 0 Å². The lowest BCUT2D eigenvalue weighted by Crippen LogP contribution is -2.41. The van der Waals surface area contributed by atoms with Crippen molar-refractivity contribution in [3.05, 3.63) is 16.1 Å². The molecule has 0 aromatic carbocycles. The zero-order chi connectivity index (χ0) is 12.8. The van der Waals surface area contributed by atoms with Crippen LogP contribution in [-0.2, 0) is 9.53 Å². The van der Waals surface area contributed by atoms with Crippen LogP contribution in [-0.4, -0.2) is 41.7 Å². The number of aliphatic carboxylic acids is 1. The zero-order valence-corrected chi connectivity index (χ0v) is 10.4. The number of hydrogen-bond donors (Lipinski definition) is 2. The van der Waals surface area contributed by atoms with Crippen LogP contribution in [0.3, 0.4) is 0 Å². The number of carbonyl (C=O) groups excluding carboxylic acids is 1. The molecule has 1 rings (SSSR count). The van der Waals surface area contributed by atoms with Crippen LogP contribution in [0.1, 0.15) is 21.8 Å². The topological polar surface area (TPSA) is 88.5 Å². The van der Waals surface area contributed by atoms with E-state index in [0.29, 0.717) is 10.6 Å². The fraction of sp³-hybridized carbons (Fsp3) is 0.500. The number of aromatic nitrogens is 1. The van der Waals surface area contributed by atoms with Gasteiger partial charge >= 0.3 is 5.97 Å². The summed E-state index contributed by atoms with van der Waals surface area (Å²) in [7, 11) is 1.48. The monoisotopic (exact) mass is 258 g/mol. The van der Waals surface area contributed by atoms with Crippen molar-refractivity contribution in [3.8, 4) is 0 Å². The standard InChI is InChI=1S/C10H14N2O4S/c1-6-8(17-5-11-6)9(13)12-7(10(14)15)3-4-16-2/h5,7H,3-4H2,1-2H3,(H,12,13)(H,14,15). The number of ether oxygens (including phenoxy) is 1. The summed E-state index contributed by atoms with van der Waals surface area (Å²) < 4.78 is 4.79. The van der Waals surface area contributed by atoms with E-state index < -0.39 is 17.9 Å². The largest absolute Gasteiger partial charge is 0.480 e. The first kappa shape index (κ1) is 13.6. The first-order valence-electron chi connectivity index (χ1n) is 4.99. The van der Waals surface area contributed by atoms with E-state index in [1.807, 2.05) is 0 Å². The highest BCUT2D eigenvalue weighted by molar-refractivity contribution is 7.11. The Labute approximate surface area is 103 Å². The smallest absolute Gasteiger partial charge is 0.326 e. The Morgan fingerprint density at radius 3 is 2.82 bits per heavy atom. The van der Waals surface area contributed by atoms with Crippen molar-refractivity contribution in [2.45, 2.75) is 19.4 Å². The second-order valence-electron chi connectivity index (χ2n) is 3.41. The number of rotatable bonds is 6. The number of amides is 1. The van der Waals surface area contributed by atoms with Crippen LogP contribution in [0.15, 0.2) is 5.51 Å². The van der Waals surface area contributed by atoms with Crippen molar-refractivity contribution >= 4 is 23.2 Å².